The van der Waals surface area contributed by atoms with Crippen molar-refractivity contribution in [1.82, 2.24) is 4.72 Å². The second-order valence-corrected chi connectivity index (χ2v) is 2.24. The summed E-state index contributed by atoms with van der Waals surface area (Å²) in [5.74, 6) is 0. The van der Waals surface area contributed by atoms with Crippen molar-refractivity contribution in [3.8, 4) is 0 Å². The number of amides is 2. The van der Waals surface area contributed by atoms with E-state index in [4.69, 9.17) is 4.55 Å². The molecule has 0 aromatic heterocycles. The van der Waals surface area contributed by atoms with E-state index in [1.54, 1.807) is 0 Å². The Hall–Kier alpha value is -1.24. The zero-order chi connectivity index (χ0) is 8.20. The van der Waals surface area contributed by atoms with Crippen molar-refractivity contribution in [3.05, 3.63) is 0 Å². The van der Waals surface area contributed by atoms with E-state index in [1.165, 1.54) is 0 Å². The number of carbonyl (C=O) groups excluding carboxylic acids is 2. The normalized spacial score (nSPS) is 9.70. The van der Waals surface area contributed by atoms with Crippen LogP contribution in [0.15, 0.2) is 4.99 Å². The molecule has 2 amide bonds. The van der Waals surface area contributed by atoms with E-state index in [1.807, 2.05) is 0 Å². The molecular formula is C2H2N2O5S. The molecule has 0 atom stereocenters. The summed E-state index contributed by atoms with van der Waals surface area (Å²) in [6, 6.07) is -1.49. The van der Waals surface area contributed by atoms with Crippen molar-refractivity contribution in [2.45, 2.75) is 0 Å². The average Bonchev–Trinajstić information content (AvgIpc) is 1.59. The molecule has 56 valence electrons. The maximum absolute atomic E-state index is 9.98. The Morgan fingerprint density at radius 3 is 2.40 bits per heavy atom. The van der Waals surface area contributed by atoms with Crippen LogP contribution in [0.25, 0.3) is 0 Å². The molecule has 0 aromatic carbocycles. The Morgan fingerprint density at radius 2 is 2.10 bits per heavy atom. The van der Waals surface area contributed by atoms with Crippen LogP contribution < -0.4 is 4.72 Å². The number of nitrogens with zero attached hydrogens (tertiary/aromatic N) is 1. The Morgan fingerprint density at radius 1 is 1.60 bits per heavy atom. The number of hydrogen-bond donors (Lipinski definition) is 2. The quantitative estimate of drug-likeness (QED) is 0.289. The maximum Gasteiger partial charge on any atom is 0.367 e. The molecule has 0 rings (SSSR count). The van der Waals surface area contributed by atoms with Gasteiger partial charge in [-0.1, -0.05) is 0 Å². The summed E-state index contributed by atoms with van der Waals surface area (Å²) in [6.07, 6.45) is 0.777. The van der Waals surface area contributed by atoms with Crippen molar-refractivity contribution in [1.29, 1.82) is 0 Å². The zero-order valence-electron chi connectivity index (χ0n) is 4.44. The van der Waals surface area contributed by atoms with Gasteiger partial charge in [-0.05, 0) is 0 Å². The topological polar surface area (TPSA) is 113 Å². The van der Waals surface area contributed by atoms with Gasteiger partial charge in [0.25, 0.3) is 0 Å². The van der Waals surface area contributed by atoms with Gasteiger partial charge in [-0.25, -0.2) is 14.3 Å². The second-order valence-electron chi connectivity index (χ2n) is 1.09. The van der Waals surface area contributed by atoms with E-state index < -0.39 is 16.3 Å². The van der Waals surface area contributed by atoms with E-state index >= 15 is 0 Å². The summed E-state index contributed by atoms with van der Waals surface area (Å²) in [5.41, 5.74) is 0. The lowest BCUT2D eigenvalue weighted by Crippen LogP contribution is -2.26. The van der Waals surface area contributed by atoms with Crippen molar-refractivity contribution < 1.29 is 22.6 Å². The summed E-state index contributed by atoms with van der Waals surface area (Å²) in [5, 5.41) is 0. The highest BCUT2D eigenvalue weighted by Gasteiger charge is 2.07. The molecule has 2 N–H and O–H groups in total. The molecule has 0 aliphatic carbocycles. The summed E-state index contributed by atoms with van der Waals surface area (Å²) in [4.78, 5) is 21.6. The minimum atomic E-state index is -4.62. The number of nitrogens with one attached hydrogen (secondary N) is 1. The number of carbonyl (C=O) groups is 1. The maximum atomic E-state index is 9.98. The Balaban J connectivity index is 4.20. The van der Waals surface area contributed by atoms with Gasteiger partial charge in [0.15, 0.2) is 0 Å². The van der Waals surface area contributed by atoms with E-state index in [-0.39, 0.29) is 0 Å². The van der Waals surface area contributed by atoms with Crippen LogP contribution >= 0.6 is 0 Å². The Kier molecular flexibility index (Phi) is 2.68. The fraction of sp³-hybridized carbons (Fsp3) is 0. The van der Waals surface area contributed by atoms with Gasteiger partial charge in [-0.3, -0.25) is 4.55 Å². The molecule has 10 heavy (non-hydrogen) atoms. The molecule has 8 heteroatoms. The smallest absolute Gasteiger partial charge is 0.269 e. The first-order chi connectivity index (χ1) is 4.45. The van der Waals surface area contributed by atoms with Crippen LogP contribution in [0.1, 0.15) is 0 Å². The van der Waals surface area contributed by atoms with Crippen LogP contribution in [0.2, 0.25) is 0 Å². The van der Waals surface area contributed by atoms with Crippen LogP contribution in [-0.4, -0.2) is 25.1 Å². The number of isocyanates is 1. The highest BCUT2D eigenvalue weighted by Crippen LogP contribution is 1.75. The molecule has 0 radical (unpaired) electrons. The SMILES string of the molecule is O=C=NC(=O)NS(=O)(=O)O. The third kappa shape index (κ3) is 4.91. The molecule has 0 aliphatic rings. The first kappa shape index (κ1) is 8.76. The van der Waals surface area contributed by atoms with Crippen LogP contribution in [-0.2, 0) is 15.1 Å². The minimum absolute atomic E-state index is 0.777. The molecule has 0 spiro atoms. The molecular weight excluding hydrogens is 164 g/mol. The van der Waals surface area contributed by atoms with Gasteiger partial charge < -0.3 is 0 Å². The first-order valence-corrected chi connectivity index (χ1v) is 3.27. The van der Waals surface area contributed by atoms with E-state index in [0.717, 1.165) is 10.8 Å². The van der Waals surface area contributed by atoms with Crippen LogP contribution in [0.3, 0.4) is 0 Å². The Bertz CT molecular complexity index is 272. The van der Waals surface area contributed by atoms with Gasteiger partial charge >= 0.3 is 16.3 Å². The van der Waals surface area contributed by atoms with E-state index in [0.29, 0.717) is 0 Å². The largest absolute Gasteiger partial charge is 0.367 e. The third-order valence-electron chi connectivity index (χ3n) is 0.363. The average molecular weight is 166 g/mol. The van der Waals surface area contributed by atoms with Gasteiger partial charge in [0.1, 0.15) is 0 Å². The van der Waals surface area contributed by atoms with E-state index in [9.17, 15) is 18.0 Å². The van der Waals surface area contributed by atoms with Crippen LogP contribution in [0.5, 0.6) is 0 Å². The summed E-state index contributed by atoms with van der Waals surface area (Å²) in [6.45, 7) is 0. The highest BCUT2D eigenvalue weighted by atomic mass is 32.2. The van der Waals surface area contributed by atoms with Gasteiger partial charge in [0.05, 0.1) is 0 Å². The van der Waals surface area contributed by atoms with Crippen molar-refractivity contribution in [3.63, 3.8) is 0 Å². The molecule has 0 aromatic rings. The van der Waals surface area contributed by atoms with Gasteiger partial charge in [0.2, 0.25) is 6.08 Å². The van der Waals surface area contributed by atoms with Crippen molar-refractivity contribution >= 4 is 22.4 Å². The molecule has 0 heterocycles. The van der Waals surface area contributed by atoms with Crippen LogP contribution in [0, 0.1) is 0 Å². The van der Waals surface area contributed by atoms with E-state index in [2.05, 4.69) is 4.99 Å². The number of hydrogen-bond acceptors (Lipinski definition) is 4. The zero-order valence-corrected chi connectivity index (χ0v) is 5.25. The minimum Gasteiger partial charge on any atom is -0.269 e. The van der Waals surface area contributed by atoms with Gasteiger partial charge in [-0.15, -0.1) is 4.99 Å². The second kappa shape index (κ2) is 3.06. The molecule has 0 fully saturated rings. The van der Waals surface area contributed by atoms with Crippen molar-refractivity contribution in [2.75, 3.05) is 0 Å². The predicted octanol–water partition coefficient (Wildman–Crippen LogP) is -1.17. The number of urea groups is 1. The summed E-state index contributed by atoms with van der Waals surface area (Å²) < 4.78 is 28.3. The fourth-order valence-corrected chi connectivity index (χ4v) is 0.441. The van der Waals surface area contributed by atoms with Crippen molar-refractivity contribution in [2.24, 2.45) is 4.99 Å². The highest BCUT2D eigenvalue weighted by molar-refractivity contribution is 7.84. The molecule has 0 aliphatic heterocycles. The lowest BCUT2D eigenvalue weighted by molar-refractivity contribution is 0.253. The lowest BCUT2D eigenvalue weighted by atomic mass is 11.1. The molecule has 0 unspecified atom stereocenters. The molecule has 0 saturated heterocycles. The van der Waals surface area contributed by atoms with Crippen LogP contribution in [0.4, 0.5) is 4.79 Å². The lowest BCUT2D eigenvalue weighted by Gasteiger charge is -1.90. The Labute approximate surface area is 55.6 Å². The number of rotatable bonds is 1. The van der Waals surface area contributed by atoms with Gasteiger partial charge in [0, 0.05) is 0 Å². The van der Waals surface area contributed by atoms with Gasteiger partial charge in [-0.2, -0.15) is 8.42 Å². The first-order valence-electron chi connectivity index (χ1n) is 1.83. The standard InChI is InChI=1S/C2H2N2O5S/c5-1-3-2(6)4-10(7,8)9/h(H,4,6)(H,7,8,9). The monoisotopic (exact) mass is 166 g/mol. The fourth-order valence-electron chi connectivity index (χ4n) is 0.175. The number of aliphatic imine (C=N–C) groups is 1. The summed E-state index contributed by atoms with van der Waals surface area (Å²) in [7, 11) is -4.62. The molecule has 0 bridgehead atoms. The molecule has 0 saturated carbocycles. The third-order valence-corrected chi connectivity index (χ3v) is 0.796. The molecule has 7 nitrogen and oxygen atoms in total. The summed E-state index contributed by atoms with van der Waals surface area (Å²) >= 11 is 0. The predicted molar refractivity (Wildman–Crippen MR) is 28.2 cm³/mol.